The first-order chi connectivity index (χ1) is 27.4. The van der Waals surface area contributed by atoms with Crippen molar-refractivity contribution in [3.8, 4) is 39.6 Å². The summed E-state index contributed by atoms with van der Waals surface area (Å²) >= 11 is 0. The average Bonchev–Trinajstić information content (AvgIpc) is 3.78. The number of fused-ring (bicyclic) bond motifs is 4. The smallest absolute Gasteiger partial charge is 0.346 e. The van der Waals surface area contributed by atoms with Crippen LogP contribution < -0.4 is 4.90 Å². The van der Waals surface area contributed by atoms with Gasteiger partial charge in [-0.2, -0.15) is 5.26 Å². The highest BCUT2D eigenvalue weighted by Crippen LogP contribution is 2.56. The summed E-state index contributed by atoms with van der Waals surface area (Å²) in [6.07, 6.45) is 8.01. The summed E-state index contributed by atoms with van der Waals surface area (Å²) in [7, 11) is 0. The molecule has 1 N–H and O–H groups in total. The molecule has 0 aliphatic heterocycles. The molecule has 6 aromatic carbocycles. The van der Waals surface area contributed by atoms with Gasteiger partial charge in [0.15, 0.2) is 0 Å². The molecule has 1 heterocycles. The van der Waals surface area contributed by atoms with E-state index >= 15 is 0 Å². The number of furan rings is 1. The third-order valence-electron chi connectivity index (χ3n) is 11.3. The van der Waals surface area contributed by atoms with E-state index in [1.807, 2.05) is 18.2 Å². The number of carboxylic acid groups (broad SMARTS) is 1. The summed E-state index contributed by atoms with van der Waals surface area (Å²) in [6.45, 7) is 4.56. The summed E-state index contributed by atoms with van der Waals surface area (Å²) in [5, 5.41) is 19.5. The maximum Gasteiger partial charge on any atom is 0.346 e. The number of nitriles is 1. The number of benzene rings is 6. The number of aliphatic carboxylic acids is 1. The largest absolute Gasteiger partial charge is 0.477 e. The second kappa shape index (κ2) is 15.6. The first-order valence-corrected chi connectivity index (χ1v) is 19.6. The lowest BCUT2D eigenvalue weighted by Crippen LogP contribution is -2.25. The van der Waals surface area contributed by atoms with Gasteiger partial charge in [0.2, 0.25) is 0 Å². The second-order valence-corrected chi connectivity index (χ2v) is 14.7. The van der Waals surface area contributed by atoms with E-state index in [0.29, 0.717) is 11.1 Å². The topological polar surface area (TPSA) is 77.5 Å². The highest BCUT2D eigenvalue weighted by Gasteiger charge is 2.42. The predicted molar refractivity (Wildman–Crippen MR) is 228 cm³/mol. The quantitative estimate of drug-likeness (QED) is 0.0943. The Morgan fingerprint density at radius 1 is 0.679 bits per heavy atom. The molecule has 0 atom stereocenters. The molecular weight excluding hydrogens is 689 g/mol. The highest BCUT2D eigenvalue weighted by molar-refractivity contribution is 5.97. The number of para-hydroxylation sites is 2. The van der Waals surface area contributed by atoms with Crippen molar-refractivity contribution in [3.05, 3.63) is 168 Å². The minimum atomic E-state index is -1.25. The molecule has 0 fully saturated rings. The van der Waals surface area contributed by atoms with Crippen LogP contribution in [-0.4, -0.2) is 11.1 Å². The van der Waals surface area contributed by atoms with E-state index in [0.717, 1.165) is 72.3 Å². The van der Waals surface area contributed by atoms with Crippen molar-refractivity contribution in [2.24, 2.45) is 0 Å². The van der Waals surface area contributed by atoms with Gasteiger partial charge in [0.25, 0.3) is 0 Å². The van der Waals surface area contributed by atoms with Crippen LogP contribution in [0.4, 0.5) is 17.1 Å². The number of hydrogen-bond donors (Lipinski definition) is 1. The monoisotopic (exact) mass is 732 g/mol. The van der Waals surface area contributed by atoms with Crippen LogP contribution >= 0.6 is 0 Å². The fourth-order valence-corrected chi connectivity index (χ4v) is 8.44. The fourth-order valence-electron chi connectivity index (χ4n) is 8.44. The molecule has 0 bridgehead atoms. The SMILES string of the molecule is CCCCC1(CCCC)c2cc(-c3ccc(N(c4ccccc4)c4ccccc4)cc3)ccc2-c2ccc(-c3cc4ccc(/C=C(/C#N)C(=O)O)cc4o3)cc21. The van der Waals surface area contributed by atoms with Gasteiger partial charge in [0, 0.05) is 33.4 Å². The number of carboxylic acids is 1. The van der Waals surface area contributed by atoms with E-state index in [-0.39, 0.29) is 11.0 Å². The molecule has 0 spiro atoms. The van der Waals surface area contributed by atoms with E-state index in [1.54, 1.807) is 12.1 Å². The Labute approximate surface area is 328 Å². The molecule has 276 valence electrons. The Balaban J connectivity index is 1.18. The van der Waals surface area contributed by atoms with Crippen LogP contribution in [0.5, 0.6) is 0 Å². The number of hydrogen-bond acceptors (Lipinski definition) is 4. The van der Waals surface area contributed by atoms with Crippen LogP contribution in [0.15, 0.2) is 156 Å². The van der Waals surface area contributed by atoms with Crippen molar-refractivity contribution < 1.29 is 14.3 Å². The van der Waals surface area contributed by atoms with Gasteiger partial charge in [0.1, 0.15) is 23.0 Å². The molecule has 8 rings (SSSR count). The maximum atomic E-state index is 11.4. The molecule has 0 unspecified atom stereocenters. The first kappa shape index (κ1) is 36.3. The van der Waals surface area contributed by atoms with Gasteiger partial charge in [0.05, 0.1) is 0 Å². The lowest BCUT2D eigenvalue weighted by atomic mass is 9.70. The third-order valence-corrected chi connectivity index (χ3v) is 11.3. The molecule has 7 aromatic rings. The van der Waals surface area contributed by atoms with Crippen molar-refractivity contribution in [2.75, 3.05) is 4.90 Å². The minimum absolute atomic E-state index is 0.130. The second-order valence-electron chi connectivity index (χ2n) is 14.7. The van der Waals surface area contributed by atoms with Crippen molar-refractivity contribution in [2.45, 2.75) is 57.8 Å². The zero-order valence-corrected chi connectivity index (χ0v) is 31.8. The van der Waals surface area contributed by atoms with Crippen LogP contribution in [0.25, 0.3) is 50.6 Å². The van der Waals surface area contributed by atoms with Gasteiger partial charge in [-0.3, -0.25) is 0 Å². The molecule has 5 heteroatoms. The van der Waals surface area contributed by atoms with Crippen molar-refractivity contribution in [1.82, 2.24) is 0 Å². The van der Waals surface area contributed by atoms with E-state index in [4.69, 9.17) is 4.42 Å². The number of carbonyl (C=O) groups is 1. The summed E-state index contributed by atoms with van der Waals surface area (Å²) < 4.78 is 6.43. The van der Waals surface area contributed by atoms with Crippen molar-refractivity contribution >= 4 is 40.1 Å². The maximum absolute atomic E-state index is 11.4. The van der Waals surface area contributed by atoms with E-state index in [2.05, 4.69) is 140 Å². The summed E-state index contributed by atoms with van der Waals surface area (Å²) in [6, 6.07) is 53.2. The number of rotatable bonds is 13. The highest BCUT2D eigenvalue weighted by atomic mass is 16.4. The van der Waals surface area contributed by atoms with Gasteiger partial charge in [-0.1, -0.05) is 124 Å². The zero-order chi connectivity index (χ0) is 38.6. The van der Waals surface area contributed by atoms with Crippen LogP contribution in [0.2, 0.25) is 0 Å². The summed E-state index contributed by atoms with van der Waals surface area (Å²) in [5.41, 5.74) is 13.0. The molecule has 1 aliphatic carbocycles. The first-order valence-electron chi connectivity index (χ1n) is 19.6. The van der Waals surface area contributed by atoms with Gasteiger partial charge in [-0.15, -0.1) is 0 Å². The van der Waals surface area contributed by atoms with Gasteiger partial charge in [-0.25, -0.2) is 4.79 Å². The van der Waals surface area contributed by atoms with E-state index < -0.39 is 5.97 Å². The van der Waals surface area contributed by atoms with Crippen LogP contribution in [0.3, 0.4) is 0 Å². The van der Waals surface area contributed by atoms with Crippen LogP contribution in [0, 0.1) is 11.3 Å². The molecule has 1 aliphatic rings. The van der Waals surface area contributed by atoms with Crippen molar-refractivity contribution in [3.63, 3.8) is 0 Å². The molecule has 0 saturated carbocycles. The number of anilines is 3. The standard InChI is InChI=1S/C51H44N2O3/c1-3-5-27-51(28-6-4-2)46-31-37(36-19-23-43(24-20-36)53(41-13-9-7-10-14-41)42-15-11-8-12-16-42)21-25-44(46)45-26-22-38(32-47(45)51)49-33-39-18-17-35(30-48(39)56-49)29-40(34-52)50(54)55/h7-26,29-33H,3-6,27-28H2,1-2H3,(H,54,55)/b40-29-. The van der Waals surface area contributed by atoms with Crippen LogP contribution in [-0.2, 0) is 10.2 Å². The molecule has 0 radical (unpaired) electrons. The molecule has 5 nitrogen and oxygen atoms in total. The summed E-state index contributed by atoms with van der Waals surface area (Å²) in [5.74, 6) is -0.486. The van der Waals surface area contributed by atoms with Gasteiger partial charge < -0.3 is 14.4 Å². The molecule has 1 aromatic heterocycles. The molecule has 0 saturated heterocycles. The lowest BCUT2D eigenvalue weighted by Gasteiger charge is -2.33. The average molecular weight is 733 g/mol. The Morgan fingerprint density at radius 2 is 1.23 bits per heavy atom. The Hall–Kier alpha value is -6.64. The Bertz CT molecular complexity index is 2550. The van der Waals surface area contributed by atoms with E-state index in [1.165, 1.54) is 39.5 Å². The third kappa shape index (κ3) is 6.80. The van der Waals surface area contributed by atoms with Gasteiger partial charge >= 0.3 is 5.97 Å². The molecular formula is C51H44N2O3. The molecule has 0 amide bonds. The van der Waals surface area contributed by atoms with Crippen LogP contribution in [0.1, 0.15) is 69.1 Å². The zero-order valence-electron chi connectivity index (χ0n) is 31.8. The minimum Gasteiger partial charge on any atom is -0.477 e. The number of unbranched alkanes of at least 4 members (excludes halogenated alkanes) is 2. The predicted octanol–water partition coefficient (Wildman–Crippen LogP) is 13.9. The normalized spacial score (nSPS) is 12.9. The summed E-state index contributed by atoms with van der Waals surface area (Å²) in [4.78, 5) is 13.7. The molecule has 56 heavy (non-hydrogen) atoms. The Morgan fingerprint density at radius 3 is 1.80 bits per heavy atom. The fraction of sp³-hybridized carbons (Fsp3) is 0.176. The van der Waals surface area contributed by atoms with E-state index in [9.17, 15) is 15.2 Å². The lowest BCUT2D eigenvalue weighted by molar-refractivity contribution is -0.132. The van der Waals surface area contributed by atoms with Crippen molar-refractivity contribution in [1.29, 1.82) is 5.26 Å². The number of nitrogens with zero attached hydrogens (tertiary/aromatic N) is 2. The Kier molecular flexibility index (Phi) is 10.1. The van der Waals surface area contributed by atoms with Gasteiger partial charge in [-0.05, 0) is 119 Å².